The Bertz CT molecular complexity index is 968. The van der Waals surface area contributed by atoms with Crippen molar-refractivity contribution in [3.8, 4) is 0 Å². The van der Waals surface area contributed by atoms with Crippen molar-refractivity contribution in [3.05, 3.63) is 59.3 Å². The Morgan fingerprint density at radius 3 is 2.44 bits per heavy atom. The number of ketones is 1. The van der Waals surface area contributed by atoms with Crippen LogP contribution < -0.4 is 4.90 Å². The van der Waals surface area contributed by atoms with Crippen LogP contribution >= 0.6 is 0 Å². The summed E-state index contributed by atoms with van der Waals surface area (Å²) in [5.74, 6) is 0.110. The lowest BCUT2D eigenvalue weighted by atomic mass is 9.89. The minimum atomic E-state index is -0.517. The van der Waals surface area contributed by atoms with Gasteiger partial charge in [0.2, 0.25) is 0 Å². The molecule has 0 spiro atoms. The van der Waals surface area contributed by atoms with Gasteiger partial charge in [0.15, 0.2) is 12.4 Å². The molecule has 1 saturated heterocycles. The van der Waals surface area contributed by atoms with Crippen molar-refractivity contribution in [1.29, 1.82) is 0 Å². The van der Waals surface area contributed by atoms with Gasteiger partial charge in [-0.05, 0) is 55.0 Å². The van der Waals surface area contributed by atoms with Crippen LogP contribution in [-0.4, -0.2) is 60.3 Å². The number of benzene rings is 1. The Kier molecular flexibility index (Phi) is 7.14. The minimum absolute atomic E-state index is 0.0172. The summed E-state index contributed by atoms with van der Waals surface area (Å²) in [6.45, 7) is 2.21. The van der Waals surface area contributed by atoms with E-state index in [1.54, 1.807) is 11.1 Å². The lowest BCUT2D eigenvalue weighted by Gasteiger charge is -2.35. The van der Waals surface area contributed by atoms with E-state index in [2.05, 4.69) is 9.88 Å². The number of pyridine rings is 1. The van der Waals surface area contributed by atoms with Crippen molar-refractivity contribution in [2.24, 2.45) is 0 Å². The summed E-state index contributed by atoms with van der Waals surface area (Å²) in [6, 6.07) is 11.6. The van der Waals surface area contributed by atoms with E-state index in [0.717, 1.165) is 25.1 Å². The van der Waals surface area contributed by atoms with Crippen molar-refractivity contribution >= 4 is 23.5 Å². The molecule has 0 saturated carbocycles. The SMILES string of the molecule is O=C(CCC(=O)c1ccc2c(c1)CCCC2)OCC(=O)N1CCN(c2ccccn2)CC1. The van der Waals surface area contributed by atoms with Gasteiger partial charge in [-0.15, -0.1) is 0 Å². The van der Waals surface area contributed by atoms with Crippen LogP contribution in [0, 0.1) is 0 Å². The Hall–Kier alpha value is -3.22. The molecular weight excluding hydrogens is 406 g/mol. The molecule has 2 aliphatic rings. The molecule has 2 heterocycles. The highest BCUT2D eigenvalue weighted by Gasteiger charge is 2.23. The zero-order valence-corrected chi connectivity index (χ0v) is 18.3. The van der Waals surface area contributed by atoms with E-state index in [1.165, 1.54) is 17.5 Å². The number of fused-ring (bicyclic) bond motifs is 1. The van der Waals surface area contributed by atoms with Crippen LogP contribution in [0.5, 0.6) is 0 Å². The molecule has 1 amide bonds. The van der Waals surface area contributed by atoms with Crippen LogP contribution in [0.2, 0.25) is 0 Å². The van der Waals surface area contributed by atoms with Crippen molar-refractivity contribution < 1.29 is 19.1 Å². The van der Waals surface area contributed by atoms with Gasteiger partial charge in [0.25, 0.3) is 5.91 Å². The third-order valence-electron chi connectivity index (χ3n) is 6.19. The molecule has 1 aromatic carbocycles. The van der Waals surface area contributed by atoms with Gasteiger partial charge in [-0.1, -0.05) is 18.2 Å². The van der Waals surface area contributed by atoms with Gasteiger partial charge in [0.1, 0.15) is 5.82 Å². The number of Topliss-reactive ketones (excluding diaryl/α,β-unsaturated/α-hetero) is 1. The van der Waals surface area contributed by atoms with Crippen LogP contribution in [0.4, 0.5) is 5.82 Å². The molecule has 7 nitrogen and oxygen atoms in total. The summed E-state index contributed by atoms with van der Waals surface area (Å²) >= 11 is 0. The maximum atomic E-state index is 12.5. The molecule has 1 aliphatic carbocycles. The van der Waals surface area contributed by atoms with E-state index in [1.807, 2.05) is 36.4 Å². The first-order chi connectivity index (χ1) is 15.6. The molecule has 168 valence electrons. The van der Waals surface area contributed by atoms with Crippen LogP contribution in [-0.2, 0) is 27.2 Å². The predicted molar refractivity (Wildman–Crippen MR) is 121 cm³/mol. The van der Waals surface area contributed by atoms with E-state index < -0.39 is 5.97 Å². The number of hydrogen-bond donors (Lipinski definition) is 0. The molecule has 0 unspecified atom stereocenters. The molecule has 0 atom stereocenters. The number of aryl methyl sites for hydroxylation is 2. The van der Waals surface area contributed by atoms with Gasteiger partial charge < -0.3 is 14.5 Å². The first-order valence-corrected chi connectivity index (χ1v) is 11.3. The molecule has 0 radical (unpaired) electrons. The summed E-state index contributed by atoms with van der Waals surface area (Å²) in [7, 11) is 0. The molecule has 32 heavy (non-hydrogen) atoms. The van der Waals surface area contributed by atoms with Gasteiger partial charge in [-0.2, -0.15) is 0 Å². The third-order valence-corrected chi connectivity index (χ3v) is 6.19. The van der Waals surface area contributed by atoms with E-state index in [4.69, 9.17) is 4.74 Å². The quantitative estimate of drug-likeness (QED) is 0.492. The molecule has 7 heteroatoms. The number of esters is 1. The highest BCUT2D eigenvalue weighted by molar-refractivity contribution is 5.97. The summed E-state index contributed by atoms with van der Waals surface area (Å²) < 4.78 is 5.14. The number of carbonyl (C=O) groups is 3. The predicted octanol–water partition coefficient (Wildman–Crippen LogP) is 2.82. The third kappa shape index (κ3) is 5.52. The van der Waals surface area contributed by atoms with E-state index >= 15 is 0 Å². The number of carbonyl (C=O) groups excluding carboxylic acids is 3. The van der Waals surface area contributed by atoms with Crippen molar-refractivity contribution in [3.63, 3.8) is 0 Å². The Balaban J connectivity index is 1.17. The van der Waals surface area contributed by atoms with Crippen molar-refractivity contribution in [2.45, 2.75) is 38.5 Å². The van der Waals surface area contributed by atoms with Crippen LogP contribution in [0.25, 0.3) is 0 Å². The lowest BCUT2D eigenvalue weighted by molar-refractivity contribution is -0.152. The molecule has 1 aliphatic heterocycles. The average Bonchev–Trinajstić information content (AvgIpc) is 2.86. The van der Waals surface area contributed by atoms with E-state index in [0.29, 0.717) is 31.7 Å². The number of hydrogen-bond acceptors (Lipinski definition) is 6. The number of nitrogens with zero attached hydrogens (tertiary/aromatic N) is 3. The first kappa shape index (κ1) is 22.0. The first-order valence-electron chi connectivity index (χ1n) is 11.3. The fourth-order valence-corrected chi connectivity index (χ4v) is 4.30. The molecule has 0 N–H and O–H groups in total. The lowest BCUT2D eigenvalue weighted by Crippen LogP contribution is -2.50. The average molecular weight is 436 g/mol. The highest BCUT2D eigenvalue weighted by Crippen LogP contribution is 2.23. The molecule has 1 aromatic heterocycles. The standard InChI is InChI=1S/C25H29N3O4/c29-22(21-9-8-19-5-1-2-6-20(19)17-21)10-11-25(31)32-18-24(30)28-15-13-27(14-16-28)23-7-3-4-12-26-23/h3-4,7-9,12,17H,1-2,5-6,10-11,13-16,18H2. The summed E-state index contributed by atoms with van der Waals surface area (Å²) in [4.78, 5) is 45.1. The smallest absolute Gasteiger partial charge is 0.306 e. The maximum Gasteiger partial charge on any atom is 0.306 e. The molecular formula is C25H29N3O4. The number of aromatic nitrogens is 1. The molecule has 4 rings (SSSR count). The van der Waals surface area contributed by atoms with Crippen molar-refractivity contribution in [2.75, 3.05) is 37.7 Å². The van der Waals surface area contributed by atoms with Gasteiger partial charge in [-0.25, -0.2) is 4.98 Å². The zero-order valence-electron chi connectivity index (χ0n) is 18.3. The van der Waals surface area contributed by atoms with Crippen LogP contribution in [0.15, 0.2) is 42.6 Å². The van der Waals surface area contributed by atoms with E-state index in [-0.39, 0.29) is 31.1 Å². The minimum Gasteiger partial charge on any atom is -0.456 e. The fourth-order valence-electron chi connectivity index (χ4n) is 4.30. The second-order valence-electron chi connectivity index (χ2n) is 8.33. The second kappa shape index (κ2) is 10.4. The summed E-state index contributed by atoms with van der Waals surface area (Å²) in [6.07, 6.45) is 6.26. The van der Waals surface area contributed by atoms with Gasteiger partial charge in [-0.3, -0.25) is 14.4 Å². The maximum absolute atomic E-state index is 12.5. The number of anilines is 1. The van der Waals surface area contributed by atoms with Crippen LogP contribution in [0.1, 0.15) is 47.2 Å². The monoisotopic (exact) mass is 435 g/mol. The summed E-state index contributed by atoms with van der Waals surface area (Å²) in [5.41, 5.74) is 3.23. The molecule has 1 fully saturated rings. The Morgan fingerprint density at radius 1 is 0.906 bits per heavy atom. The largest absolute Gasteiger partial charge is 0.456 e. The Labute approximate surface area is 188 Å². The van der Waals surface area contributed by atoms with Gasteiger partial charge in [0, 0.05) is 44.4 Å². The number of piperazine rings is 1. The van der Waals surface area contributed by atoms with Gasteiger partial charge in [0.05, 0.1) is 6.42 Å². The van der Waals surface area contributed by atoms with E-state index in [9.17, 15) is 14.4 Å². The van der Waals surface area contributed by atoms with Gasteiger partial charge >= 0.3 is 5.97 Å². The number of ether oxygens (including phenoxy) is 1. The normalized spacial score (nSPS) is 15.8. The zero-order chi connectivity index (χ0) is 22.3. The topological polar surface area (TPSA) is 79.8 Å². The summed E-state index contributed by atoms with van der Waals surface area (Å²) in [5, 5.41) is 0. The van der Waals surface area contributed by atoms with Crippen LogP contribution in [0.3, 0.4) is 0 Å². The highest BCUT2D eigenvalue weighted by atomic mass is 16.5. The molecule has 0 bridgehead atoms. The molecule has 2 aromatic rings. The second-order valence-corrected chi connectivity index (χ2v) is 8.33. The number of rotatable bonds is 7. The number of amides is 1. The fraction of sp³-hybridized carbons (Fsp3) is 0.440. The van der Waals surface area contributed by atoms with Crippen molar-refractivity contribution in [1.82, 2.24) is 9.88 Å². The Morgan fingerprint density at radius 2 is 1.69 bits per heavy atom.